The van der Waals surface area contributed by atoms with Gasteiger partial charge < -0.3 is 20.3 Å². The van der Waals surface area contributed by atoms with Crippen molar-refractivity contribution in [2.45, 2.75) is 51.2 Å². The van der Waals surface area contributed by atoms with Crippen molar-refractivity contribution in [2.75, 3.05) is 25.0 Å². The van der Waals surface area contributed by atoms with E-state index in [9.17, 15) is 23.2 Å². The molecule has 2 aromatic carbocycles. The average molecular weight is 527 g/mol. The monoisotopic (exact) mass is 526 g/mol. The van der Waals surface area contributed by atoms with Gasteiger partial charge in [-0.1, -0.05) is 24.3 Å². The summed E-state index contributed by atoms with van der Waals surface area (Å²) in [6.07, 6.45) is 4.89. The summed E-state index contributed by atoms with van der Waals surface area (Å²) in [5.74, 6) is -1.93. The molecule has 10 heteroatoms. The van der Waals surface area contributed by atoms with Gasteiger partial charge >= 0.3 is 12.1 Å². The Morgan fingerprint density at radius 1 is 1.11 bits per heavy atom. The van der Waals surface area contributed by atoms with Crippen molar-refractivity contribution in [3.05, 3.63) is 77.5 Å². The van der Waals surface area contributed by atoms with Crippen LogP contribution in [0.5, 0.6) is 0 Å². The molecule has 2 aromatic rings. The molecule has 38 heavy (non-hydrogen) atoms. The molecular weight excluding hydrogens is 494 g/mol. The maximum Gasteiger partial charge on any atom is 0.419 e. The SMILES string of the molecule is CC(=O)Nc1cccc(C2C=CN(CCCNC(=O)N3C(=O)OC(C)(C)C3c3ccc(F)c(F)c3)CC2)c1. The van der Waals surface area contributed by atoms with Gasteiger partial charge in [-0.05, 0) is 68.3 Å². The summed E-state index contributed by atoms with van der Waals surface area (Å²) in [5, 5.41) is 5.56. The van der Waals surface area contributed by atoms with Gasteiger partial charge in [-0.3, -0.25) is 4.79 Å². The second-order valence-corrected chi connectivity index (χ2v) is 10.1. The number of imide groups is 1. The lowest BCUT2D eigenvalue weighted by Gasteiger charge is -2.29. The van der Waals surface area contributed by atoms with Gasteiger partial charge in [-0.2, -0.15) is 0 Å². The second kappa shape index (κ2) is 11.2. The van der Waals surface area contributed by atoms with Gasteiger partial charge in [-0.15, -0.1) is 0 Å². The van der Waals surface area contributed by atoms with Crippen molar-refractivity contribution in [3.63, 3.8) is 0 Å². The van der Waals surface area contributed by atoms with Crippen LogP contribution >= 0.6 is 0 Å². The van der Waals surface area contributed by atoms with Crippen LogP contribution in [0.25, 0.3) is 0 Å². The quantitative estimate of drug-likeness (QED) is 0.478. The Hall–Kier alpha value is -3.95. The van der Waals surface area contributed by atoms with Gasteiger partial charge in [0.25, 0.3) is 0 Å². The third-order valence-electron chi connectivity index (χ3n) is 6.73. The summed E-state index contributed by atoms with van der Waals surface area (Å²) in [4.78, 5) is 39.8. The molecule has 1 fully saturated rings. The molecule has 0 radical (unpaired) electrons. The summed E-state index contributed by atoms with van der Waals surface area (Å²) in [6, 6.07) is 9.56. The number of hydrogen-bond donors (Lipinski definition) is 2. The van der Waals surface area contributed by atoms with Crippen molar-refractivity contribution in [2.24, 2.45) is 0 Å². The predicted octanol–water partition coefficient (Wildman–Crippen LogP) is 5.30. The van der Waals surface area contributed by atoms with Crippen LogP contribution in [0, 0.1) is 11.6 Å². The minimum absolute atomic E-state index is 0.107. The van der Waals surface area contributed by atoms with Crippen LogP contribution in [0.4, 0.5) is 24.1 Å². The normalized spacial score (nSPS) is 20.3. The van der Waals surface area contributed by atoms with Gasteiger partial charge in [0.15, 0.2) is 11.6 Å². The van der Waals surface area contributed by atoms with Gasteiger partial charge in [-0.25, -0.2) is 23.3 Å². The summed E-state index contributed by atoms with van der Waals surface area (Å²) in [6.45, 7) is 6.59. The summed E-state index contributed by atoms with van der Waals surface area (Å²) < 4.78 is 32.7. The molecule has 0 aromatic heterocycles. The Labute approximate surface area is 220 Å². The minimum Gasteiger partial charge on any atom is -0.440 e. The Balaban J connectivity index is 1.29. The molecule has 2 N–H and O–H groups in total. The van der Waals surface area contributed by atoms with Crippen molar-refractivity contribution in [1.82, 2.24) is 15.1 Å². The number of carbonyl (C=O) groups excluding carboxylic acids is 3. The second-order valence-electron chi connectivity index (χ2n) is 10.1. The molecule has 2 heterocycles. The minimum atomic E-state index is -1.12. The highest BCUT2D eigenvalue weighted by atomic mass is 19.2. The molecule has 4 rings (SSSR count). The number of nitrogens with one attached hydrogen (secondary N) is 2. The summed E-state index contributed by atoms with van der Waals surface area (Å²) >= 11 is 0. The number of benzene rings is 2. The van der Waals surface area contributed by atoms with E-state index in [1.807, 2.05) is 30.5 Å². The molecule has 1 saturated heterocycles. The lowest BCUT2D eigenvalue weighted by molar-refractivity contribution is -0.114. The number of urea groups is 1. The third-order valence-corrected chi connectivity index (χ3v) is 6.73. The standard InChI is InChI=1S/C28H32F2N4O4/c1-18(35)32-22-7-4-6-20(16-22)19-10-14-33(15-11-19)13-5-12-31-26(36)34-25(28(2,3)38-27(34)37)21-8-9-23(29)24(30)17-21/h4,6-10,14,16-17,19,25H,5,11-13,15H2,1-3H3,(H,31,36)(H,32,35). The van der Waals surface area contributed by atoms with E-state index in [1.54, 1.807) is 13.8 Å². The number of halogens is 2. The highest BCUT2D eigenvalue weighted by Crippen LogP contribution is 2.41. The van der Waals surface area contributed by atoms with Crippen LogP contribution in [0.15, 0.2) is 54.7 Å². The van der Waals surface area contributed by atoms with E-state index in [-0.39, 0.29) is 17.4 Å². The van der Waals surface area contributed by atoms with Crippen LogP contribution < -0.4 is 10.6 Å². The molecule has 0 aliphatic carbocycles. The van der Waals surface area contributed by atoms with Crippen LogP contribution in [-0.4, -0.2) is 53.1 Å². The molecule has 2 unspecified atom stereocenters. The zero-order chi connectivity index (χ0) is 27.4. The molecule has 8 nitrogen and oxygen atoms in total. The lowest BCUT2D eigenvalue weighted by Crippen LogP contribution is -2.44. The first-order valence-electron chi connectivity index (χ1n) is 12.6. The van der Waals surface area contributed by atoms with E-state index in [0.717, 1.165) is 41.2 Å². The first-order chi connectivity index (χ1) is 18.0. The number of allylic oxidation sites excluding steroid dienone is 1. The molecule has 0 bridgehead atoms. The zero-order valence-electron chi connectivity index (χ0n) is 21.7. The summed E-state index contributed by atoms with van der Waals surface area (Å²) in [5.41, 5.74) is 1.06. The van der Waals surface area contributed by atoms with Gasteiger partial charge in [0.05, 0.1) is 0 Å². The number of carbonyl (C=O) groups is 3. The maximum atomic E-state index is 13.9. The first-order valence-corrected chi connectivity index (χ1v) is 12.6. The van der Waals surface area contributed by atoms with E-state index in [0.29, 0.717) is 19.5 Å². The van der Waals surface area contributed by atoms with Crippen LogP contribution in [0.2, 0.25) is 0 Å². The van der Waals surface area contributed by atoms with Crippen molar-refractivity contribution in [1.29, 1.82) is 0 Å². The molecule has 2 atom stereocenters. The number of amides is 4. The molecular formula is C28H32F2N4O4. The van der Waals surface area contributed by atoms with Crippen LogP contribution in [-0.2, 0) is 9.53 Å². The Kier molecular flexibility index (Phi) is 7.99. The molecule has 202 valence electrons. The highest BCUT2D eigenvalue weighted by molar-refractivity contribution is 5.93. The zero-order valence-corrected chi connectivity index (χ0v) is 21.7. The smallest absolute Gasteiger partial charge is 0.419 e. The number of rotatable bonds is 7. The third kappa shape index (κ3) is 6.12. The van der Waals surface area contributed by atoms with Crippen LogP contribution in [0.1, 0.15) is 56.7 Å². The Morgan fingerprint density at radius 2 is 1.89 bits per heavy atom. The fourth-order valence-electron chi connectivity index (χ4n) is 4.96. The van der Waals surface area contributed by atoms with E-state index in [2.05, 4.69) is 21.6 Å². The average Bonchev–Trinajstić information content (AvgIpc) is 3.11. The largest absolute Gasteiger partial charge is 0.440 e. The van der Waals surface area contributed by atoms with Gasteiger partial charge in [0.1, 0.15) is 11.6 Å². The number of nitrogens with zero attached hydrogens (tertiary/aromatic N) is 2. The van der Waals surface area contributed by atoms with Crippen molar-refractivity contribution >= 4 is 23.7 Å². The van der Waals surface area contributed by atoms with Crippen LogP contribution in [0.3, 0.4) is 0 Å². The number of ether oxygens (including phenoxy) is 1. The van der Waals surface area contributed by atoms with Gasteiger partial charge in [0, 0.05) is 38.2 Å². The fourth-order valence-corrected chi connectivity index (χ4v) is 4.96. The molecule has 2 aliphatic heterocycles. The topological polar surface area (TPSA) is 91.0 Å². The highest BCUT2D eigenvalue weighted by Gasteiger charge is 2.51. The summed E-state index contributed by atoms with van der Waals surface area (Å²) in [7, 11) is 0. The molecule has 4 amide bonds. The van der Waals surface area contributed by atoms with E-state index in [4.69, 9.17) is 4.74 Å². The Morgan fingerprint density at radius 3 is 2.58 bits per heavy atom. The lowest BCUT2D eigenvalue weighted by atomic mass is 9.91. The fraction of sp³-hybridized carbons (Fsp3) is 0.393. The molecule has 2 aliphatic rings. The molecule has 0 spiro atoms. The Bertz CT molecular complexity index is 1250. The first kappa shape index (κ1) is 27.1. The predicted molar refractivity (Wildman–Crippen MR) is 138 cm³/mol. The number of hydrogen-bond acceptors (Lipinski definition) is 5. The van der Waals surface area contributed by atoms with E-state index < -0.39 is 35.4 Å². The van der Waals surface area contributed by atoms with E-state index >= 15 is 0 Å². The van der Waals surface area contributed by atoms with Crippen molar-refractivity contribution in [3.8, 4) is 0 Å². The molecule has 0 saturated carbocycles. The number of anilines is 1. The van der Waals surface area contributed by atoms with Crippen molar-refractivity contribution < 1.29 is 27.9 Å². The number of cyclic esters (lactones) is 1. The van der Waals surface area contributed by atoms with E-state index in [1.165, 1.54) is 13.0 Å². The van der Waals surface area contributed by atoms with Gasteiger partial charge in [0.2, 0.25) is 5.91 Å². The maximum absolute atomic E-state index is 13.9.